The molecule has 20 heavy (non-hydrogen) atoms. The second kappa shape index (κ2) is 6.76. The molecule has 104 valence electrons. The van der Waals surface area contributed by atoms with Crippen LogP contribution >= 0.6 is 11.3 Å². The van der Waals surface area contributed by atoms with Crippen LogP contribution < -0.4 is 10.4 Å². The second-order valence-corrected chi connectivity index (χ2v) is 5.04. The van der Waals surface area contributed by atoms with E-state index in [2.05, 4.69) is 15.3 Å². The Labute approximate surface area is 119 Å². The van der Waals surface area contributed by atoms with Gasteiger partial charge in [-0.2, -0.15) is 0 Å². The fourth-order valence-corrected chi connectivity index (χ4v) is 2.35. The lowest BCUT2D eigenvalue weighted by atomic mass is 10.3. The summed E-state index contributed by atoms with van der Waals surface area (Å²) in [5, 5.41) is 15.4. The van der Waals surface area contributed by atoms with Gasteiger partial charge >= 0.3 is 0 Å². The summed E-state index contributed by atoms with van der Waals surface area (Å²) in [6, 6.07) is 3.67. The lowest BCUT2D eigenvalue weighted by Crippen LogP contribution is -2.25. The topological polar surface area (TPSA) is 95.0 Å². The molecule has 0 bridgehead atoms. The predicted molar refractivity (Wildman–Crippen MR) is 70.6 cm³/mol. The van der Waals surface area contributed by atoms with Gasteiger partial charge in [0.1, 0.15) is 5.01 Å². The normalized spacial score (nSPS) is 10.2. The van der Waals surface area contributed by atoms with Gasteiger partial charge in [0.15, 0.2) is 0 Å². The first-order valence-electron chi connectivity index (χ1n) is 5.92. The molecule has 0 radical (unpaired) electrons. The van der Waals surface area contributed by atoms with Gasteiger partial charge in [0.2, 0.25) is 5.91 Å². The average Bonchev–Trinajstić information content (AvgIpc) is 2.84. The minimum Gasteiger partial charge on any atom is -0.550 e. The fraction of sp³-hybridized carbons (Fsp3) is 0.231. The molecule has 0 aliphatic heterocycles. The largest absolute Gasteiger partial charge is 0.550 e. The minimum absolute atomic E-state index is 0.137. The summed E-state index contributed by atoms with van der Waals surface area (Å²) in [6.07, 6.45) is 3.26. The molecule has 0 aromatic carbocycles. The molecule has 1 N–H and O–H groups in total. The van der Waals surface area contributed by atoms with Crippen molar-refractivity contribution in [1.29, 1.82) is 0 Å². The number of aliphatic carboxylic acids is 1. The van der Waals surface area contributed by atoms with Crippen molar-refractivity contribution in [2.24, 2.45) is 0 Å². The number of carbonyl (C=O) groups excluding carboxylic acids is 2. The second-order valence-electron chi connectivity index (χ2n) is 4.10. The number of hydrogen-bond donors (Lipinski definition) is 1. The van der Waals surface area contributed by atoms with Gasteiger partial charge in [-0.15, -0.1) is 11.3 Å². The number of amides is 1. The van der Waals surface area contributed by atoms with E-state index in [4.69, 9.17) is 0 Å². The Kier molecular flexibility index (Phi) is 4.78. The molecule has 0 saturated heterocycles. The summed E-state index contributed by atoms with van der Waals surface area (Å²) in [6.45, 7) is 0.407. The highest BCUT2D eigenvalue weighted by molar-refractivity contribution is 7.09. The molecule has 0 fully saturated rings. The Morgan fingerprint density at radius 3 is 2.90 bits per heavy atom. The van der Waals surface area contributed by atoms with Gasteiger partial charge in [0.25, 0.3) is 0 Å². The number of carboxylic acid groups (broad SMARTS) is 1. The zero-order valence-corrected chi connectivity index (χ0v) is 11.4. The third-order valence-electron chi connectivity index (χ3n) is 2.45. The third kappa shape index (κ3) is 4.43. The van der Waals surface area contributed by atoms with Gasteiger partial charge < -0.3 is 15.2 Å². The Hall–Kier alpha value is -2.28. The standard InChI is InChI=1S/C13H13N3O3S/c17-11(15-7-9-2-1-3-14-6-9)5-12-16-10(8-20-12)4-13(18)19/h1-3,6,8H,4-5,7H2,(H,15,17)(H,18,19)/p-1. The molecule has 2 rings (SSSR count). The molecule has 2 aromatic heterocycles. The van der Waals surface area contributed by atoms with Gasteiger partial charge in [-0.3, -0.25) is 9.78 Å². The lowest BCUT2D eigenvalue weighted by Gasteiger charge is -2.03. The predicted octanol–water partition coefficient (Wildman–Crippen LogP) is -0.311. The fourth-order valence-electron chi connectivity index (χ4n) is 1.56. The molecule has 7 heteroatoms. The summed E-state index contributed by atoms with van der Waals surface area (Å²) >= 11 is 1.27. The van der Waals surface area contributed by atoms with Crippen LogP contribution in [0.25, 0.3) is 0 Å². The van der Waals surface area contributed by atoms with Crippen molar-refractivity contribution in [2.45, 2.75) is 19.4 Å². The van der Waals surface area contributed by atoms with Gasteiger partial charge in [0.05, 0.1) is 12.1 Å². The average molecular weight is 290 g/mol. The van der Waals surface area contributed by atoms with Crippen LogP contribution in [-0.4, -0.2) is 21.8 Å². The molecule has 1 amide bonds. The maximum Gasteiger partial charge on any atom is 0.227 e. The number of pyridine rings is 1. The van der Waals surface area contributed by atoms with Crippen LogP contribution in [0.3, 0.4) is 0 Å². The molecule has 0 aliphatic rings. The van der Waals surface area contributed by atoms with Crippen LogP contribution in [0.4, 0.5) is 0 Å². The number of rotatable bonds is 6. The number of nitrogens with one attached hydrogen (secondary N) is 1. The Bertz CT molecular complexity index is 598. The Balaban J connectivity index is 1.82. The van der Waals surface area contributed by atoms with Gasteiger partial charge in [0, 0.05) is 36.7 Å². The number of nitrogens with zero attached hydrogens (tertiary/aromatic N) is 2. The van der Waals surface area contributed by atoms with Crippen molar-refractivity contribution in [3.8, 4) is 0 Å². The van der Waals surface area contributed by atoms with Crippen molar-refractivity contribution in [3.63, 3.8) is 0 Å². The van der Waals surface area contributed by atoms with E-state index < -0.39 is 5.97 Å². The van der Waals surface area contributed by atoms with Crippen LogP contribution in [0.15, 0.2) is 29.9 Å². The smallest absolute Gasteiger partial charge is 0.227 e. The van der Waals surface area contributed by atoms with Crippen molar-refractivity contribution >= 4 is 23.2 Å². The first-order chi connectivity index (χ1) is 9.63. The number of carboxylic acids is 1. The molecule has 6 nitrogen and oxygen atoms in total. The van der Waals surface area contributed by atoms with Crippen LogP contribution in [0.1, 0.15) is 16.3 Å². The lowest BCUT2D eigenvalue weighted by molar-refractivity contribution is -0.304. The summed E-state index contributed by atoms with van der Waals surface area (Å²) in [5.41, 5.74) is 1.34. The molecule has 0 spiro atoms. The van der Waals surface area contributed by atoms with Crippen LogP contribution in [0, 0.1) is 0 Å². The first-order valence-corrected chi connectivity index (χ1v) is 6.80. The third-order valence-corrected chi connectivity index (χ3v) is 3.35. The van der Waals surface area contributed by atoms with E-state index in [9.17, 15) is 14.7 Å². The number of thiazole rings is 1. The number of hydrogen-bond acceptors (Lipinski definition) is 6. The van der Waals surface area contributed by atoms with Crippen molar-refractivity contribution in [3.05, 3.63) is 46.2 Å². The van der Waals surface area contributed by atoms with E-state index >= 15 is 0 Å². The van der Waals surface area contributed by atoms with E-state index in [-0.39, 0.29) is 18.7 Å². The zero-order valence-electron chi connectivity index (χ0n) is 10.5. The van der Waals surface area contributed by atoms with E-state index in [0.717, 1.165) is 5.56 Å². The highest BCUT2D eigenvalue weighted by atomic mass is 32.1. The SMILES string of the molecule is O=C([O-])Cc1csc(CC(=O)NCc2cccnc2)n1. The summed E-state index contributed by atoms with van der Waals surface area (Å²) in [7, 11) is 0. The van der Waals surface area contributed by atoms with E-state index in [1.54, 1.807) is 23.8 Å². The molecule has 0 aliphatic carbocycles. The molecular formula is C13H12N3O3S-. The van der Waals surface area contributed by atoms with Crippen molar-refractivity contribution in [1.82, 2.24) is 15.3 Å². The summed E-state index contributed by atoms with van der Waals surface area (Å²) < 4.78 is 0. The van der Waals surface area contributed by atoms with E-state index in [1.165, 1.54) is 11.3 Å². The summed E-state index contributed by atoms with van der Waals surface area (Å²) in [5.74, 6) is -1.34. The molecule has 0 unspecified atom stereocenters. The van der Waals surface area contributed by atoms with Crippen LogP contribution in [0.5, 0.6) is 0 Å². The van der Waals surface area contributed by atoms with E-state index in [0.29, 0.717) is 17.2 Å². The van der Waals surface area contributed by atoms with Gasteiger partial charge in [-0.05, 0) is 11.6 Å². The molecule has 0 atom stereocenters. The van der Waals surface area contributed by atoms with E-state index in [1.807, 2.05) is 6.07 Å². The van der Waals surface area contributed by atoms with Crippen molar-refractivity contribution in [2.75, 3.05) is 0 Å². The van der Waals surface area contributed by atoms with Gasteiger partial charge in [-0.1, -0.05) is 6.07 Å². The zero-order chi connectivity index (χ0) is 14.4. The van der Waals surface area contributed by atoms with Crippen LogP contribution in [-0.2, 0) is 29.0 Å². The quantitative estimate of drug-likeness (QED) is 0.787. The molecular weight excluding hydrogens is 278 g/mol. The Morgan fingerprint density at radius 1 is 1.35 bits per heavy atom. The molecule has 0 saturated carbocycles. The molecule has 2 aromatic rings. The maximum atomic E-state index is 11.7. The van der Waals surface area contributed by atoms with Crippen molar-refractivity contribution < 1.29 is 14.7 Å². The number of aromatic nitrogens is 2. The monoisotopic (exact) mass is 290 g/mol. The highest BCUT2D eigenvalue weighted by Crippen LogP contribution is 2.10. The summed E-state index contributed by atoms with van der Waals surface area (Å²) in [4.78, 5) is 30.2. The first kappa shape index (κ1) is 14.1. The maximum absolute atomic E-state index is 11.7. The highest BCUT2D eigenvalue weighted by Gasteiger charge is 2.08. The van der Waals surface area contributed by atoms with Crippen LogP contribution in [0.2, 0.25) is 0 Å². The Morgan fingerprint density at radius 2 is 2.20 bits per heavy atom. The number of carbonyl (C=O) groups is 2. The minimum atomic E-state index is -1.18. The van der Waals surface area contributed by atoms with Gasteiger partial charge in [-0.25, -0.2) is 4.98 Å². The molecule has 2 heterocycles.